The first-order chi connectivity index (χ1) is 21.3. The summed E-state index contributed by atoms with van der Waals surface area (Å²) in [6.45, 7) is 12.0. The summed E-state index contributed by atoms with van der Waals surface area (Å²) in [7, 11) is -4.04. The molecule has 0 radical (unpaired) electrons. The molecule has 2 aromatic carbocycles. The Labute approximate surface area is 259 Å². The molecule has 1 atom stereocenters. The molecular weight excluding hydrogens is 609 g/mol. The lowest BCUT2D eigenvalue weighted by Gasteiger charge is -2.44. The van der Waals surface area contributed by atoms with Crippen LogP contribution in [0.1, 0.15) is 55.3 Å². The molecule has 2 saturated heterocycles. The maximum Gasteiger partial charge on any atom is 0.416 e. The van der Waals surface area contributed by atoms with Gasteiger partial charge in [0.15, 0.2) is 9.84 Å². The summed E-state index contributed by atoms with van der Waals surface area (Å²) >= 11 is 0. The van der Waals surface area contributed by atoms with Crippen molar-refractivity contribution in [2.45, 2.75) is 55.8 Å². The Morgan fingerprint density at radius 2 is 1.73 bits per heavy atom. The van der Waals surface area contributed by atoms with Gasteiger partial charge >= 0.3 is 18.2 Å². The predicted molar refractivity (Wildman–Crippen MR) is 158 cm³/mol. The number of benzene rings is 2. The molecule has 10 nitrogen and oxygen atoms in total. The number of amides is 4. The van der Waals surface area contributed by atoms with Crippen molar-refractivity contribution in [3.8, 4) is 6.07 Å². The monoisotopic (exact) mass is 640 g/mol. The summed E-state index contributed by atoms with van der Waals surface area (Å²) in [5.41, 5.74) is -1.57. The zero-order valence-electron chi connectivity index (χ0n) is 24.7. The minimum absolute atomic E-state index is 0.0128. The van der Waals surface area contributed by atoms with E-state index in [1.165, 1.54) is 30.0 Å². The van der Waals surface area contributed by atoms with Crippen molar-refractivity contribution in [3.05, 3.63) is 82.0 Å². The van der Waals surface area contributed by atoms with Gasteiger partial charge in [-0.05, 0) is 81.6 Å². The minimum atomic E-state index is -4.72. The van der Waals surface area contributed by atoms with Crippen LogP contribution in [0.15, 0.2) is 58.8 Å². The molecule has 14 heteroatoms. The largest absolute Gasteiger partial charge is 0.416 e. The SMILES string of the molecule is [C-]#[N+]C1=C(C)N(c2cccc(C(F)(F)F)c2)C(=O)N(C(=O)N2CCC(N3CCCC3)CC2)[C@@H]1c1ccc(C#N)cc1S(C)(=O)=O. The van der Waals surface area contributed by atoms with Gasteiger partial charge in [-0.2, -0.15) is 18.4 Å². The van der Waals surface area contributed by atoms with Crippen LogP contribution in [0.5, 0.6) is 0 Å². The van der Waals surface area contributed by atoms with Crippen LogP contribution in [0.25, 0.3) is 4.85 Å². The van der Waals surface area contributed by atoms with Gasteiger partial charge in [0.05, 0.1) is 28.7 Å². The molecule has 0 bridgehead atoms. The van der Waals surface area contributed by atoms with Gasteiger partial charge in [0, 0.05) is 36.8 Å². The lowest BCUT2D eigenvalue weighted by Crippen LogP contribution is -2.57. The summed E-state index contributed by atoms with van der Waals surface area (Å²) in [4.78, 5) is 37.4. The van der Waals surface area contributed by atoms with Crippen molar-refractivity contribution in [2.75, 3.05) is 37.3 Å². The number of likely N-dealkylation sites (tertiary alicyclic amines) is 2. The first-order valence-corrected chi connectivity index (χ1v) is 16.3. The van der Waals surface area contributed by atoms with Gasteiger partial charge in [0.2, 0.25) is 5.70 Å². The van der Waals surface area contributed by atoms with E-state index in [2.05, 4.69) is 9.74 Å². The Hall–Kier alpha value is -4.40. The molecule has 45 heavy (non-hydrogen) atoms. The molecule has 3 aliphatic heterocycles. The Bertz CT molecular complexity index is 1750. The number of nitriles is 1. The lowest BCUT2D eigenvalue weighted by molar-refractivity contribution is -0.137. The molecule has 4 amide bonds. The number of rotatable bonds is 4. The van der Waals surface area contributed by atoms with E-state index < -0.39 is 39.7 Å². The van der Waals surface area contributed by atoms with E-state index in [1.807, 2.05) is 6.07 Å². The highest BCUT2D eigenvalue weighted by molar-refractivity contribution is 7.90. The highest BCUT2D eigenvalue weighted by Gasteiger charge is 2.47. The van der Waals surface area contributed by atoms with E-state index in [0.29, 0.717) is 25.9 Å². The van der Waals surface area contributed by atoms with Gasteiger partial charge in [0.1, 0.15) is 6.04 Å². The smallest absolute Gasteiger partial charge is 0.324 e. The number of anilines is 1. The fourth-order valence-corrected chi connectivity index (χ4v) is 7.32. The number of carbonyl (C=O) groups excluding carboxylic acids is 2. The molecule has 0 spiro atoms. The average molecular weight is 641 g/mol. The van der Waals surface area contributed by atoms with Crippen molar-refractivity contribution < 1.29 is 31.2 Å². The molecule has 0 aromatic heterocycles. The number of hydrogen-bond acceptors (Lipinski definition) is 6. The standard InChI is InChI=1S/C31H31F3N6O4S/c1-20-27(36-2)28(25-10-9-21(19-35)17-26(25)45(3,43)44)40(29(41)38-15-11-23(12-16-38)37-13-4-5-14-37)30(42)39(20)24-8-6-7-22(18-24)31(32,33)34/h6-10,17-18,23,28H,4-5,11-16H2,1,3H3/t28-/m1/s1. The Morgan fingerprint density at radius 1 is 1.07 bits per heavy atom. The van der Waals surface area contributed by atoms with Crippen LogP contribution >= 0.6 is 0 Å². The van der Waals surface area contributed by atoms with Gasteiger partial charge in [-0.25, -0.2) is 27.8 Å². The first kappa shape index (κ1) is 32.0. The molecule has 0 N–H and O–H groups in total. The first-order valence-electron chi connectivity index (χ1n) is 14.4. The van der Waals surface area contributed by atoms with Crippen molar-refractivity contribution >= 4 is 27.6 Å². The number of allylic oxidation sites excluding steroid dienone is 1. The van der Waals surface area contributed by atoms with Crippen molar-refractivity contribution in [1.82, 2.24) is 14.7 Å². The zero-order chi connectivity index (χ0) is 32.7. The third-order valence-corrected chi connectivity index (χ3v) is 9.76. The van der Waals surface area contributed by atoms with Crippen molar-refractivity contribution in [1.29, 1.82) is 5.26 Å². The lowest BCUT2D eigenvalue weighted by atomic mass is 9.96. The molecule has 3 heterocycles. The van der Waals surface area contributed by atoms with E-state index in [1.54, 1.807) is 0 Å². The summed E-state index contributed by atoms with van der Waals surface area (Å²) in [5.74, 6) is 0. The Morgan fingerprint density at radius 3 is 2.31 bits per heavy atom. The predicted octanol–water partition coefficient (Wildman–Crippen LogP) is 5.79. The van der Waals surface area contributed by atoms with E-state index in [0.717, 1.165) is 66.3 Å². The average Bonchev–Trinajstić information content (AvgIpc) is 3.55. The van der Waals surface area contributed by atoms with Crippen LogP contribution < -0.4 is 4.90 Å². The number of urea groups is 2. The number of sulfone groups is 1. The van der Waals surface area contributed by atoms with Crippen molar-refractivity contribution in [2.24, 2.45) is 0 Å². The van der Waals surface area contributed by atoms with Crippen LogP contribution in [0.3, 0.4) is 0 Å². The van der Waals surface area contributed by atoms with Crippen molar-refractivity contribution in [3.63, 3.8) is 0 Å². The molecule has 0 saturated carbocycles. The normalized spacial score (nSPS) is 20.4. The van der Waals surface area contributed by atoms with Crippen LogP contribution in [0.4, 0.5) is 28.4 Å². The quantitative estimate of drug-likeness (QED) is 0.391. The number of hydrogen-bond donors (Lipinski definition) is 0. The molecule has 5 rings (SSSR count). The fourth-order valence-electron chi connectivity index (χ4n) is 6.37. The number of alkyl halides is 3. The minimum Gasteiger partial charge on any atom is -0.324 e. The highest BCUT2D eigenvalue weighted by Crippen LogP contribution is 2.44. The summed E-state index contributed by atoms with van der Waals surface area (Å²) in [5, 5.41) is 9.44. The van der Waals surface area contributed by atoms with E-state index in [-0.39, 0.29) is 39.1 Å². The molecule has 0 aliphatic carbocycles. The Balaban J connectivity index is 1.65. The van der Waals surface area contributed by atoms with E-state index in [9.17, 15) is 36.4 Å². The van der Waals surface area contributed by atoms with Gasteiger partial charge in [-0.15, -0.1) is 0 Å². The molecule has 236 valence electrons. The van der Waals surface area contributed by atoms with Crippen LogP contribution in [-0.2, 0) is 16.0 Å². The second kappa shape index (κ2) is 12.2. The second-order valence-corrected chi connectivity index (χ2v) is 13.4. The van der Waals surface area contributed by atoms with Gasteiger partial charge in [0.25, 0.3) is 0 Å². The summed E-state index contributed by atoms with van der Waals surface area (Å²) < 4.78 is 66.9. The number of nitrogens with zero attached hydrogens (tertiary/aromatic N) is 6. The van der Waals surface area contributed by atoms with Gasteiger partial charge < -0.3 is 9.80 Å². The topological polar surface area (TPSA) is 109 Å². The second-order valence-electron chi connectivity index (χ2n) is 11.4. The van der Waals surface area contributed by atoms with Gasteiger partial charge in [-0.1, -0.05) is 12.1 Å². The van der Waals surface area contributed by atoms with Crippen LogP contribution in [0, 0.1) is 17.9 Å². The van der Waals surface area contributed by atoms with Gasteiger partial charge in [-0.3, -0.25) is 4.90 Å². The zero-order valence-corrected chi connectivity index (χ0v) is 25.5. The highest BCUT2D eigenvalue weighted by atomic mass is 32.2. The third kappa shape index (κ3) is 6.13. The summed E-state index contributed by atoms with van der Waals surface area (Å²) in [6.07, 6.45) is -0.313. The van der Waals surface area contributed by atoms with Crippen LogP contribution in [0.2, 0.25) is 0 Å². The molecule has 0 unspecified atom stereocenters. The molecule has 2 aromatic rings. The maximum absolute atomic E-state index is 14.4. The Kier molecular flexibility index (Phi) is 8.66. The fraction of sp³-hybridized carbons (Fsp3) is 0.419. The molecular formula is C31H31F3N6O4S. The van der Waals surface area contributed by atoms with Crippen LogP contribution in [-0.4, -0.2) is 73.7 Å². The van der Waals surface area contributed by atoms with E-state index >= 15 is 0 Å². The summed E-state index contributed by atoms with van der Waals surface area (Å²) in [6, 6.07) is 6.55. The van der Waals surface area contributed by atoms with E-state index in [4.69, 9.17) is 6.57 Å². The maximum atomic E-state index is 14.4. The molecule has 3 aliphatic rings. The molecule has 2 fully saturated rings. The number of piperidine rings is 1. The number of carbonyl (C=O) groups is 2. The number of imide groups is 1. The third-order valence-electron chi connectivity index (χ3n) is 8.61. The number of halogens is 3.